The summed E-state index contributed by atoms with van der Waals surface area (Å²) in [5.41, 5.74) is 2.69. The molecule has 6 nitrogen and oxygen atoms in total. The normalized spacial score (nSPS) is 14.2. The van der Waals surface area contributed by atoms with Gasteiger partial charge in [0.15, 0.2) is 0 Å². The van der Waals surface area contributed by atoms with Crippen LogP contribution in [0.3, 0.4) is 0 Å². The zero-order valence-electron chi connectivity index (χ0n) is 17.6. The van der Waals surface area contributed by atoms with Gasteiger partial charge in [0, 0.05) is 11.7 Å². The summed E-state index contributed by atoms with van der Waals surface area (Å²) < 4.78 is 0. The molecule has 3 amide bonds. The fourth-order valence-electron chi connectivity index (χ4n) is 3.84. The molecule has 1 aromatic heterocycles. The maximum absolute atomic E-state index is 13.0. The molecule has 0 saturated heterocycles. The van der Waals surface area contributed by atoms with Gasteiger partial charge in [-0.1, -0.05) is 31.4 Å². The van der Waals surface area contributed by atoms with Gasteiger partial charge in [-0.2, -0.15) is 0 Å². The minimum Gasteiger partial charge on any atom is -0.352 e. The first-order valence-corrected chi connectivity index (χ1v) is 11.3. The zero-order valence-corrected chi connectivity index (χ0v) is 18.4. The summed E-state index contributed by atoms with van der Waals surface area (Å²) in [6.07, 6.45) is 5.43. The first kappa shape index (κ1) is 22.0. The molecule has 2 N–H and O–H groups in total. The van der Waals surface area contributed by atoms with Gasteiger partial charge in [-0.3, -0.25) is 14.4 Å². The van der Waals surface area contributed by atoms with Gasteiger partial charge >= 0.3 is 0 Å². The van der Waals surface area contributed by atoms with E-state index in [0.29, 0.717) is 10.6 Å². The molecule has 0 radical (unpaired) electrons. The van der Waals surface area contributed by atoms with Gasteiger partial charge in [-0.15, -0.1) is 11.3 Å². The van der Waals surface area contributed by atoms with Crippen LogP contribution in [0.15, 0.2) is 35.7 Å². The summed E-state index contributed by atoms with van der Waals surface area (Å²) in [5, 5.41) is 7.55. The number of hydrogen-bond donors (Lipinski definition) is 2. The summed E-state index contributed by atoms with van der Waals surface area (Å²) >= 11 is 1.32. The van der Waals surface area contributed by atoms with Crippen molar-refractivity contribution in [2.24, 2.45) is 0 Å². The van der Waals surface area contributed by atoms with Crippen LogP contribution in [0.4, 0.5) is 5.69 Å². The van der Waals surface area contributed by atoms with E-state index in [1.54, 1.807) is 12.1 Å². The Hall–Kier alpha value is -2.67. The Morgan fingerprint density at radius 1 is 1.07 bits per heavy atom. The molecule has 1 saturated carbocycles. The third-order valence-electron chi connectivity index (χ3n) is 5.24. The molecule has 0 atom stereocenters. The molecule has 2 aromatic rings. The van der Waals surface area contributed by atoms with Crippen LogP contribution in [0, 0.1) is 13.8 Å². The number of thiophene rings is 1. The third-order valence-corrected chi connectivity index (χ3v) is 6.10. The number of carbonyl (C=O) groups is 3. The number of nitrogens with one attached hydrogen (secondary N) is 2. The van der Waals surface area contributed by atoms with E-state index in [9.17, 15) is 14.4 Å². The Balaban J connectivity index is 1.70. The van der Waals surface area contributed by atoms with Gasteiger partial charge in [-0.05, 0) is 61.4 Å². The Bertz CT molecular complexity index is 869. The topological polar surface area (TPSA) is 78.5 Å². The van der Waals surface area contributed by atoms with Crippen LogP contribution >= 0.6 is 11.3 Å². The second-order valence-electron chi connectivity index (χ2n) is 7.89. The van der Waals surface area contributed by atoms with Crippen molar-refractivity contribution >= 4 is 34.7 Å². The number of hydrogen-bond acceptors (Lipinski definition) is 4. The molecular formula is C23H29N3O3S. The van der Waals surface area contributed by atoms with Gasteiger partial charge in [0.05, 0.1) is 11.4 Å². The molecule has 0 spiro atoms. The lowest BCUT2D eigenvalue weighted by Crippen LogP contribution is -2.47. The fraction of sp³-hybridized carbons (Fsp3) is 0.435. The van der Waals surface area contributed by atoms with Crippen LogP contribution in [0.2, 0.25) is 0 Å². The minimum absolute atomic E-state index is 0.0624. The number of carbonyl (C=O) groups excluding carboxylic acids is 3. The van der Waals surface area contributed by atoms with E-state index in [-0.39, 0.29) is 36.9 Å². The number of amides is 3. The molecular weight excluding hydrogens is 398 g/mol. The Labute approximate surface area is 181 Å². The predicted octanol–water partition coefficient (Wildman–Crippen LogP) is 3.58. The van der Waals surface area contributed by atoms with Crippen LogP contribution in [-0.4, -0.2) is 36.9 Å². The highest BCUT2D eigenvalue weighted by atomic mass is 32.1. The van der Waals surface area contributed by atoms with E-state index < -0.39 is 0 Å². The second-order valence-corrected chi connectivity index (χ2v) is 8.84. The fourth-order valence-corrected chi connectivity index (χ4v) is 4.48. The van der Waals surface area contributed by atoms with Crippen molar-refractivity contribution in [1.82, 2.24) is 10.6 Å². The number of anilines is 1. The van der Waals surface area contributed by atoms with Crippen molar-refractivity contribution < 1.29 is 14.4 Å². The molecule has 1 fully saturated rings. The van der Waals surface area contributed by atoms with E-state index in [0.717, 1.165) is 36.8 Å². The largest absolute Gasteiger partial charge is 0.352 e. The molecule has 1 aliphatic carbocycles. The molecule has 0 bridgehead atoms. The lowest BCUT2D eigenvalue weighted by atomic mass is 9.95. The summed E-state index contributed by atoms with van der Waals surface area (Å²) in [4.78, 5) is 39.9. The lowest BCUT2D eigenvalue weighted by Gasteiger charge is -2.27. The van der Waals surface area contributed by atoms with Gasteiger partial charge in [0.1, 0.15) is 6.54 Å². The molecule has 1 heterocycles. The standard InChI is InChI=1S/C23H29N3O3S/c1-16-11-17(2)13-19(12-16)26(15-21(27)25-18-7-4-3-5-8-18)22(28)14-24-23(29)20-9-6-10-30-20/h6,9-13,18H,3-5,7-8,14-15H2,1-2H3,(H,24,29)(H,25,27). The number of nitrogens with zero attached hydrogens (tertiary/aromatic N) is 1. The van der Waals surface area contributed by atoms with E-state index >= 15 is 0 Å². The van der Waals surface area contributed by atoms with Crippen LogP contribution in [-0.2, 0) is 9.59 Å². The maximum atomic E-state index is 13.0. The maximum Gasteiger partial charge on any atom is 0.261 e. The zero-order chi connectivity index (χ0) is 21.5. The predicted molar refractivity (Wildman–Crippen MR) is 120 cm³/mol. The van der Waals surface area contributed by atoms with Crippen molar-refractivity contribution in [2.75, 3.05) is 18.0 Å². The summed E-state index contributed by atoms with van der Waals surface area (Å²) in [7, 11) is 0. The first-order chi connectivity index (χ1) is 14.4. The smallest absolute Gasteiger partial charge is 0.261 e. The molecule has 1 aliphatic rings. The highest BCUT2D eigenvalue weighted by Gasteiger charge is 2.23. The highest BCUT2D eigenvalue weighted by Crippen LogP contribution is 2.20. The molecule has 3 rings (SSSR count). The summed E-state index contributed by atoms with van der Waals surface area (Å²) in [6.45, 7) is 3.69. The van der Waals surface area contributed by atoms with Gasteiger partial charge in [0.2, 0.25) is 11.8 Å². The Morgan fingerprint density at radius 2 is 1.77 bits per heavy atom. The van der Waals surface area contributed by atoms with Gasteiger partial charge in [-0.25, -0.2) is 0 Å². The van der Waals surface area contributed by atoms with E-state index in [1.807, 2.05) is 37.4 Å². The minimum atomic E-state index is -0.316. The van der Waals surface area contributed by atoms with E-state index in [4.69, 9.17) is 0 Å². The van der Waals surface area contributed by atoms with Crippen molar-refractivity contribution in [3.8, 4) is 0 Å². The molecule has 1 aromatic carbocycles. The number of rotatable bonds is 7. The third kappa shape index (κ3) is 6.16. The van der Waals surface area contributed by atoms with Crippen LogP contribution in [0.1, 0.15) is 52.9 Å². The summed E-state index contributed by atoms with van der Waals surface area (Å²) in [5.74, 6) is -0.770. The molecule has 0 aliphatic heterocycles. The molecule has 7 heteroatoms. The van der Waals surface area contributed by atoms with Gasteiger partial charge in [0.25, 0.3) is 5.91 Å². The van der Waals surface area contributed by atoms with Crippen LogP contribution in [0.25, 0.3) is 0 Å². The quantitative estimate of drug-likeness (QED) is 0.709. The van der Waals surface area contributed by atoms with Crippen molar-refractivity contribution in [2.45, 2.75) is 52.0 Å². The second kappa shape index (κ2) is 10.4. The molecule has 0 unspecified atom stereocenters. The van der Waals surface area contributed by atoms with Crippen LogP contribution < -0.4 is 15.5 Å². The Kier molecular flexibility index (Phi) is 7.63. The van der Waals surface area contributed by atoms with Crippen molar-refractivity contribution in [3.05, 3.63) is 51.7 Å². The molecule has 160 valence electrons. The monoisotopic (exact) mass is 427 g/mol. The van der Waals surface area contributed by atoms with E-state index in [1.165, 1.54) is 22.7 Å². The number of aryl methyl sites for hydroxylation is 2. The van der Waals surface area contributed by atoms with E-state index in [2.05, 4.69) is 10.6 Å². The number of benzene rings is 1. The summed E-state index contributed by atoms with van der Waals surface area (Å²) in [6, 6.07) is 9.48. The van der Waals surface area contributed by atoms with Crippen LogP contribution in [0.5, 0.6) is 0 Å². The molecule has 30 heavy (non-hydrogen) atoms. The van der Waals surface area contributed by atoms with Crippen molar-refractivity contribution in [1.29, 1.82) is 0 Å². The van der Waals surface area contributed by atoms with Gasteiger partial charge < -0.3 is 15.5 Å². The average molecular weight is 428 g/mol. The SMILES string of the molecule is Cc1cc(C)cc(N(CC(=O)NC2CCCCC2)C(=O)CNC(=O)c2cccs2)c1. The van der Waals surface area contributed by atoms with Crippen molar-refractivity contribution in [3.63, 3.8) is 0 Å². The Morgan fingerprint density at radius 3 is 2.40 bits per heavy atom. The highest BCUT2D eigenvalue weighted by molar-refractivity contribution is 7.12. The average Bonchev–Trinajstić information content (AvgIpc) is 3.25. The lowest BCUT2D eigenvalue weighted by molar-refractivity contribution is -0.124. The first-order valence-electron chi connectivity index (χ1n) is 10.4.